The molecule has 0 fully saturated rings. The van der Waals surface area contributed by atoms with Gasteiger partial charge in [0.15, 0.2) is 5.13 Å². The van der Waals surface area contributed by atoms with E-state index >= 15 is 0 Å². The van der Waals surface area contributed by atoms with Gasteiger partial charge < -0.3 is 0 Å². The number of benzene rings is 3. The van der Waals surface area contributed by atoms with Crippen molar-refractivity contribution in [3.8, 4) is 11.3 Å². The van der Waals surface area contributed by atoms with E-state index in [1.807, 2.05) is 78.2 Å². The second-order valence-corrected chi connectivity index (χ2v) is 8.15. The first-order chi connectivity index (χ1) is 15.8. The van der Waals surface area contributed by atoms with Crippen molar-refractivity contribution in [2.75, 3.05) is 11.4 Å². The van der Waals surface area contributed by atoms with Crippen LogP contribution < -0.4 is 4.90 Å². The molecule has 0 saturated heterocycles. The van der Waals surface area contributed by atoms with Gasteiger partial charge in [0.1, 0.15) is 5.69 Å². The molecule has 3 aromatic carbocycles. The van der Waals surface area contributed by atoms with Crippen molar-refractivity contribution in [3.63, 3.8) is 0 Å². The SMILES string of the molecule is O=C(c1cnc2ccccc2n1)N(CCc1ccccc1)c1nc(-c2ccccc2)cs1. The van der Waals surface area contributed by atoms with Crippen LogP contribution in [0, 0.1) is 0 Å². The molecular weight excluding hydrogens is 416 g/mol. The van der Waals surface area contributed by atoms with E-state index in [0.29, 0.717) is 29.3 Å². The molecule has 0 atom stereocenters. The lowest BCUT2D eigenvalue weighted by Gasteiger charge is -2.19. The standard InChI is InChI=1S/C26H20N4OS/c31-25(23-17-27-21-13-7-8-14-22(21)28-23)30(16-15-19-9-3-1-4-10-19)26-29-24(18-32-26)20-11-5-2-6-12-20/h1-14,17-18H,15-16H2. The van der Waals surface area contributed by atoms with Crippen molar-refractivity contribution in [1.82, 2.24) is 15.0 Å². The van der Waals surface area contributed by atoms with Gasteiger partial charge in [0, 0.05) is 17.5 Å². The molecule has 0 aliphatic carbocycles. The van der Waals surface area contributed by atoms with Crippen LogP contribution in [0.5, 0.6) is 0 Å². The van der Waals surface area contributed by atoms with Gasteiger partial charge in [0.2, 0.25) is 0 Å². The Bertz CT molecular complexity index is 1350. The predicted molar refractivity (Wildman–Crippen MR) is 129 cm³/mol. The van der Waals surface area contributed by atoms with Gasteiger partial charge in [-0.15, -0.1) is 11.3 Å². The molecular formula is C26H20N4OS. The largest absolute Gasteiger partial charge is 0.282 e. The molecule has 0 spiro atoms. The molecule has 6 heteroatoms. The van der Waals surface area contributed by atoms with Crippen molar-refractivity contribution in [1.29, 1.82) is 0 Å². The molecule has 0 aliphatic rings. The molecule has 5 nitrogen and oxygen atoms in total. The average Bonchev–Trinajstić information content (AvgIpc) is 3.35. The molecule has 0 N–H and O–H groups in total. The number of hydrogen-bond acceptors (Lipinski definition) is 5. The lowest BCUT2D eigenvalue weighted by Crippen LogP contribution is -2.33. The lowest BCUT2D eigenvalue weighted by atomic mass is 10.1. The van der Waals surface area contributed by atoms with Crippen molar-refractivity contribution in [2.24, 2.45) is 0 Å². The second-order valence-electron chi connectivity index (χ2n) is 7.32. The van der Waals surface area contributed by atoms with Gasteiger partial charge in [-0.3, -0.25) is 14.7 Å². The highest BCUT2D eigenvalue weighted by Crippen LogP contribution is 2.28. The third-order valence-electron chi connectivity index (χ3n) is 5.17. The average molecular weight is 437 g/mol. The molecule has 0 radical (unpaired) electrons. The van der Waals surface area contributed by atoms with E-state index < -0.39 is 0 Å². The van der Waals surface area contributed by atoms with Crippen molar-refractivity contribution < 1.29 is 4.79 Å². The molecule has 2 aromatic heterocycles. The highest BCUT2D eigenvalue weighted by atomic mass is 32.1. The summed E-state index contributed by atoms with van der Waals surface area (Å²) in [5.41, 5.74) is 4.82. The van der Waals surface area contributed by atoms with Gasteiger partial charge in [0.05, 0.1) is 22.9 Å². The number of hydrogen-bond donors (Lipinski definition) is 0. The van der Waals surface area contributed by atoms with Crippen LogP contribution in [-0.4, -0.2) is 27.4 Å². The normalized spacial score (nSPS) is 10.9. The molecule has 1 amide bonds. The van der Waals surface area contributed by atoms with Crippen LogP contribution >= 0.6 is 11.3 Å². The Kier molecular flexibility index (Phi) is 5.68. The first-order valence-electron chi connectivity index (χ1n) is 10.4. The third-order valence-corrected chi connectivity index (χ3v) is 6.04. The summed E-state index contributed by atoms with van der Waals surface area (Å²) in [5, 5.41) is 2.64. The highest BCUT2D eigenvalue weighted by molar-refractivity contribution is 7.14. The van der Waals surface area contributed by atoms with Gasteiger partial charge in [-0.1, -0.05) is 72.8 Å². The number of fused-ring (bicyclic) bond motifs is 1. The van der Waals surface area contributed by atoms with Crippen LogP contribution in [0.4, 0.5) is 5.13 Å². The zero-order chi connectivity index (χ0) is 21.8. The van der Waals surface area contributed by atoms with E-state index in [-0.39, 0.29) is 5.91 Å². The van der Waals surface area contributed by atoms with Crippen LogP contribution in [0.1, 0.15) is 16.1 Å². The summed E-state index contributed by atoms with van der Waals surface area (Å²) in [5.74, 6) is -0.201. The van der Waals surface area contributed by atoms with Crippen LogP contribution in [0.3, 0.4) is 0 Å². The summed E-state index contributed by atoms with van der Waals surface area (Å²) in [7, 11) is 0. The molecule has 32 heavy (non-hydrogen) atoms. The summed E-state index contributed by atoms with van der Waals surface area (Å²) < 4.78 is 0. The Labute approximate surface area is 190 Å². The number of para-hydroxylation sites is 2. The van der Waals surface area contributed by atoms with Gasteiger partial charge >= 0.3 is 0 Å². The van der Waals surface area contributed by atoms with Crippen LogP contribution in [-0.2, 0) is 6.42 Å². The minimum atomic E-state index is -0.201. The fourth-order valence-corrected chi connectivity index (χ4v) is 4.36. The lowest BCUT2D eigenvalue weighted by molar-refractivity contribution is 0.0982. The molecule has 0 aliphatic heterocycles. The minimum absolute atomic E-state index is 0.201. The number of carbonyl (C=O) groups excluding carboxylic acids is 1. The maximum Gasteiger partial charge on any atom is 0.280 e. The number of thiazole rings is 1. The van der Waals surface area contributed by atoms with Crippen LogP contribution in [0.2, 0.25) is 0 Å². The van der Waals surface area contributed by atoms with E-state index in [1.54, 1.807) is 11.1 Å². The quantitative estimate of drug-likeness (QED) is 0.345. The predicted octanol–water partition coefficient (Wildman–Crippen LogP) is 5.64. The summed E-state index contributed by atoms with van der Waals surface area (Å²) >= 11 is 1.46. The second kappa shape index (κ2) is 9.08. The maximum atomic E-state index is 13.5. The zero-order valence-corrected chi connectivity index (χ0v) is 18.1. The topological polar surface area (TPSA) is 59.0 Å². The molecule has 0 unspecified atom stereocenters. The summed E-state index contributed by atoms with van der Waals surface area (Å²) in [6, 6.07) is 27.7. The number of anilines is 1. The summed E-state index contributed by atoms with van der Waals surface area (Å²) in [6.07, 6.45) is 2.26. The minimum Gasteiger partial charge on any atom is -0.282 e. The van der Waals surface area contributed by atoms with Crippen LogP contribution in [0.25, 0.3) is 22.3 Å². The smallest absolute Gasteiger partial charge is 0.280 e. The van der Waals surface area contributed by atoms with E-state index in [9.17, 15) is 4.79 Å². The number of aromatic nitrogens is 3. The Morgan fingerprint density at radius 2 is 1.50 bits per heavy atom. The highest BCUT2D eigenvalue weighted by Gasteiger charge is 2.23. The van der Waals surface area contributed by atoms with Crippen molar-refractivity contribution in [2.45, 2.75) is 6.42 Å². The van der Waals surface area contributed by atoms with Gasteiger partial charge in [-0.25, -0.2) is 9.97 Å². The van der Waals surface area contributed by atoms with Gasteiger partial charge in [-0.05, 0) is 24.1 Å². The first-order valence-corrected chi connectivity index (χ1v) is 11.2. The fourth-order valence-electron chi connectivity index (χ4n) is 3.50. The Morgan fingerprint density at radius 1 is 0.812 bits per heavy atom. The Morgan fingerprint density at radius 3 is 2.28 bits per heavy atom. The third kappa shape index (κ3) is 4.26. The Balaban J connectivity index is 1.48. The van der Waals surface area contributed by atoms with E-state index in [4.69, 9.17) is 4.98 Å². The summed E-state index contributed by atoms with van der Waals surface area (Å²) in [6.45, 7) is 0.499. The number of rotatable bonds is 6. The van der Waals surface area contributed by atoms with Crippen molar-refractivity contribution >= 4 is 33.4 Å². The molecule has 2 heterocycles. The summed E-state index contributed by atoms with van der Waals surface area (Å²) in [4.78, 5) is 29.0. The van der Waals surface area contributed by atoms with E-state index in [0.717, 1.165) is 22.3 Å². The maximum absolute atomic E-state index is 13.5. The number of amides is 1. The van der Waals surface area contributed by atoms with Crippen molar-refractivity contribution in [3.05, 3.63) is 108 Å². The van der Waals surface area contributed by atoms with Gasteiger partial charge in [-0.2, -0.15) is 0 Å². The van der Waals surface area contributed by atoms with Gasteiger partial charge in [0.25, 0.3) is 5.91 Å². The molecule has 5 rings (SSSR count). The zero-order valence-electron chi connectivity index (χ0n) is 17.3. The Hall–Kier alpha value is -3.90. The molecule has 0 bridgehead atoms. The fraction of sp³-hybridized carbons (Fsp3) is 0.0769. The first kappa shape index (κ1) is 20.0. The molecule has 5 aromatic rings. The molecule has 0 saturated carbocycles. The van der Waals surface area contributed by atoms with E-state index in [1.165, 1.54) is 11.3 Å². The van der Waals surface area contributed by atoms with Crippen LogP contribution in [0.15, 0.2) is 96.5 Å². The monoisotopic (exact) mass is 436 g/mol. The van der Waals surface area contributed by atoms with E-state index in [2.05, 4.69) is 22.1 Å². The number of nitrogens with zero attached hydrogens (tertiary/aromatic N) is 4. The number of carbonyl (C=O) groups is 1. The molecule has 156 valence electrons.